The lowest BCUT2D eigenvalue weighted by Crippen LogP contribution is -2.39. The normalized spacial score (nSPS) is 15.7. The van der Waals surface area contributed by atoms with E-state index in [2.05, 4.69) is 21.2 Å². The van der Waals surface area contributed by atoms with Gasteiger partial charge in [0.05, 0.1) is 0 Å². The quantitative estimate of drug-likeness (QED) is 0.510. The molecule has 3 N–H and O–H groups in total. The average Bonchev–Trinajstić information content (AvgIpc) is 2.61. The number of pyridine rings is 1. The Hall–Kier alpha value is -1.87. The minimum absolute atomic E-state index is 0.169. The zero-order valence-corrected chi connectivity index (χ0v) is 14.7. The van der Waals surface area contributed by atoms with Crippen molar-refractivity contribution < 1.29 is 13.2 Å². The Morgan fingerprint density at radius 2 is 2.00 bits per heavy atom. The average molecular weight is 355 g/mol. The van der Waals surface area contributed by atoms with E-state index in [0.29, 0.717) is 25.5 Å². The number of urea groups is 1. The van der Waals surface area contributed by atoms with Crippen LogP contribution in [0.2, 0.25) is 0 Å². The number of anilines is 1. The van der Waals surface area contributed by atoms with Crippen LogP contribution in [0.3, 0.4) is 0 Å². The molecule has 0 aliphatic carbocycles. The Balaban J connectivity index is 1.89. The van der Waals surface area contributed by atoms with Crippen LogP contribution in [0.4, 0.5) is 10.6 Å². The molecule has 24 heavy (non-hydrogen) atoms. The smallest absolute Gasteiger partial charge is 0.333 e. The third-order valence-electron chi connectivity index (χ3n) is 3.81. The number of nitrogens with zero attached hydrogens (tertiary/aromatic N) is 2. The van der Waals surface area contributed by atoms with Gasteiger partial charge >= 0.3 is 6.03 Å². The first-order valence-corrected chi connectivity index (χ1v) is 9.74. The largest absolute Gasteiger partial charge is 0.337 e. The molecule has 1 aliphatic rings. The van der Waals surface area contributed by atoms with Crippen LogP contribution in [0, 0.1) is 0 Å². The number of hydrazine groups is 1. The molecule has 1 aromatic rings. The zero-order chi connectivity index (χ0) is 17.4. The van der Waals surface area contributed by atoms with E-state index in [9.17, 15) is 13.2 Å². The Kier molecular flexibility index (Phi) is 6.80. The second-order valence-corrected chi connectivity index (χ2v) is 7.64. The summed E-state index contributed by atoms with van der Waals surface area (Å²) in [6, 6.07) is 2.68. The number of piperidine rings is 1. The summed E-state index contributed by atoms with van der Waals surface area (Å²) in [6.45, 7) is 3.76. The fourth-order valence-electron chi connectivity index (χ4n) is 2.40. The van der Waals surface area contributed by atoms with Gasteiger partial charge in [-0.05, 0) is 31.4 Å². The molecule has 0 saturated carbocycles. The van der Waals surface area contributed by atoms with Crippen molar-refractivity contribution in [2.24, 2.45) is 0 Å². The van der Waals surface area contributed by atoms with Crippen LogP contribution in [-0.2, 0) is 10.0 Å². The molecule has 2 heterocycles. The topological polar surface area (TPSA) is 103 Å². The number of carbonyl (C=O) groups excluding carboxylic acids is 1. The van der Waals surface area contributed by atoms with E-state index in [1.165, 1.54) is 22.6 Å². The highest BCUT2D eigenvalue weighted by atomic mass is 32.2. The molecule has 0 bridgehead atoms. The number of carbonyl (C=O) groups is 1. The minimum atomic E-state index is -3.48. The van der Waals surface area contributed by atoms with Crippen LogP contribution >= 0.6 is 0 Å². The molecule has 2 rings (SSSR count). The van der Waals surface area contributed by atoms with Crippen molar-refractivity contribution in [1.82, 2.24) is 20.0 Å². The lowest BCUT2D eigenvalue weighted by Gasteiger charge is -2.25. The van der Waals surface area contributed by atoms with Crippen molar-refractivity contribution >= 4 is 21.9 Å². The Labute approximate surface area is 143 Å². The van der Waals surface area contributed by atoms with Crippen molar-refractivity contribution in [1.29, 1.82) is 0 Å². The number of hydrogen-bond donors (Lipinski definition) is 3. The first kappa shape index (κ1) is 18.5. The number of sulfonamides is 1. The third kappa shape index (κ3) is 5.07. The van der Waals surface area contributed by atoms with Gasteiger partial charge in [-0.3, -0.25) is 10.9 Å². The van der Waals surface area contributed by atoms with Crippen LogP contribution in [0.15, 0.2) is 23.2 Å². The molecular weight excluding hydrogens is 330 g/mol. The molecule has 0 atom stereocenters. The molecule has 1 aromatic heterocycles. The molecule has 9 heteroatoms. The lowest BCUT2D eigenvalue weighted by molar-refractivity contribution is 0.242. The van der Waals surface area contributed by atoms with Crippen molar-refractivity contribution in [2.45, 2.75) is 43.9 Å². The van der Waals surface area contributed by atoms with E-state index in [-0.39, 0.29) is 10.9 Å². The number of aromatic nitrogens is 1. The molecular formula is C15H25N5O3S. The first-order valence-electron chi connectivity index (χ1n) is 8.30. The second kappa shape index (κ2) is 8.84. The fourth-order valence-corrected chi connectivity index (χ4v) is 3.87. The predicted octanol–water partition coefficient (Wildman–Crippen LogP) is 1.68. The van der Waals surface area contributed by atoms with Crippen molar-refractivity contribution in [3.05, 3.63) is 18.3 Å². The highest BCUT2D eigenvalue weighted by Gasteiger charge is 2.26. The fraction of sp³-hybridized carbons (Fsp3) is 0.600. The zero-order valence-electron chi connectivity index (χ0n) is 13.9. The van der Waals surface area contributed by atoms with Crippen LogP contribution in [0.5, 0.6) is 0 Å². The summed E-state index contributed by atoms with van der Waals surface area (Å²) in [5.41, 5.74) is 5.10. The van der Waals surface area contributed by atoms with Crippen LogP contribution in [-0.4, -0.2) is 43.4 Å². The molecule has 134 valence electrons. The van der Waals surface area contributed by atoms with E-state index >= 15 is 0 Å². The maximum Gasteiger partial charge on any atom is 0.333 e. The lowest BCUT2D eigenvalue weighted by atomic mass is 10.2. The standard InChI is InChI=1S/C15H25N5O3S/c1-2-3-9-16-15(21)19-18-14-8-7-13(12-17-14)24(22,23)20-10-5-4-6-11-20/h7-8,12H,2-6,9-11H2,1H3,(H,17,18)(H2,16,19,21). The van der Waals surface area contributed by atoms with Crippen molar-refractivity contribution in [3.63, 3.8) is 0 Å². The summed E-state index contributed by atoms with van der Waals surface area (Å²) in [7, 11) is -3.48. The van der Waals surface area contributed by atoms with E-state index in [1.54, 1.807) is 0 Å². The second-order valence-electron chi connectivity index (χ2n) is 5.70. The van der Waals surface area contributed by atoms with Gasteiger partial charge in [-0.1, -0.05) is 19.8 Å². The summed E-state index contributed by atoms with van der Waals surface area (Å²) in [5, 5.41) is 2.69. The van der Waals surface area contributed by atoms with E-state index < -0.39 is 10.0 Å². The monoisotopic (exact) mass is 355 g/mol. The highest BCUT2D eigenvalue weighted by molar-refractivity contribution is 7.89. The maximum atomic E-state index is 12.5. The van der Waals surface area contributed by atoms with Gasteiger partial charge in [0.2, 0.25) is 10.0 Å². The van der Waals surface area contributed by atoms with Crippen LogP contribution in [0.1, 0.15) is 39.0 Å². The minimum Gasteiger partial charge on any atom is -0.337 e. The van der Waals surface area contributed by atoms with Gasteiger partial charge in [-0.25, -0.2) is 18.2 Å². The van der Waals surface area contributed by atoms with Crippen molar-refractivity contribution in [3.8, 4) is 0 Å². The van der Waals surface area contributed by atoms with Gasteiger partial charge in [0.15, 0.2) is 0 Å². The van der Waals surface area contributed by atoms with E-state index in [0.717, 1.165) is 32.1 Å². The summed E-state index contributed by atoms with van der Waals surface area (Å²) in [5.74, 6) is 0.373. The number of amides is 2. The first-order chi connectivity index (χ1) is 11.5. The molecule has 1 fully saturated rings. The van der Waals surface area contributed by atoms with Gasteiger partial charge in [-0.2, -0.15) is 4.31 Å². The molecule has 2 amide bonds. The summed E-state index contributed by atoms with van der Waals surface area (Å²) >= 11 is 0. The summed E-state index contributed by atoms with van der Waals surface area (Å²) < 4.78 is 26.5. The van der Waals surface area contributed by atoms with Crippen molar-refractivity contribution in [2.75, 3.05) is 25.1 Å². The molecule has 8 nitrogen and oxygen atoms in total. The van der Waals surface area contributed by atoms with Crippen LogP contribution < -0.4 is 16.2 Å². The Morgan fingerprint density at radius 1 is 1.25 bits per heavy atom. The van der Waals surface area contributed by atoms with Gasteiger partial charge < -0.3 is 5.32 Å². The van der Waals surface area contributed by atoms with Gasteiger partial charge in [0.1, 0.15) is 10.7 Å². The van der Waals surface area contributed by atoms with Gasteiger partial charge in [-0.15, -0.1) is 0 Å². The predicted molar refractivity (Wildman–Crippen MR) is 91.9 cm³/mol. The number of hydrogen-bond acceptors (Lipinski definition) is 5. The highest BCUT2D eigenvalue weighted by Crippen LogP contribution is 2.20. The van der Waals surface area contributed by atoms with E-state index in [1.807, 2.05) is 6.92 Å². The summed E-state index contributed by atoms with van der Waals surface area (Å²) in [6.07, 6.45) is 6.08. The number of nitrogens with one attached hydrogen (secondary N) is 3. The third-order valence-corrected chi connectivity index (χ3v) is 5.69. The maximum absolute atomic E-state index is 12.5. The van der Waals surface area contributed by atoms with Gasteiger partial charge in [0.25, 0.3) is 0 Å². The molecule has 0 unspecified atom stereocenters. The SMILES string of the molecule is CCCCNC(=O)NNc1ccc(S(=O)(=O)N2CCCCC2)cn1. The molecule has 1 saturated heterocycles. The van der Waals surface area contributed by atoms with E-state index in [4.69, 9.17) is 0 Å². The van der Waals surface area contributed by atoms with Gasteiger partial charge in [0, 0.05) is 25.8 Å². The molecule has 0 spiro atoms. The number of unbranched alkanes of at least 4 members (excludes halogenated alkanes) is 1. The summed E-state index contributed by atoms with van der Waals surface area (Å²) in [4.78, 5) is 15.7. The van der Waals surface area contributed by atoms with Crippen LogP contribution in [0.25, 0.3) is 0 Å². The number of rotatable bonds is 7. The molecule has 0 radical (unpaired) electrons. The Morgan fingerprint density at radius 3 is 2.62 bits per heavy atom. The Bertz CT molecular complexity index is 627. The molecule has 1 aliphatic heterocycles. The molecule has 0 aromatic carbocycles.